The quantitative estimate of drug-likeness (QED) is 0.125. The molecule has 0 saturated carbocycles. The minimum Gasteiger partial charge on any atom is -0.455 e. The first-order valence-electron chi connectivity index (χ1n) is 24.5. The summed E-state index contributed by atoms with van der Waals surface area (Å²) < 4.78 is 7.01. The van der Waals surface area contributed by atoms with Crippen molar-refractivity contribution in [3.63, 3.8) is 0 Å². The molecule has 12 rings (SSSR count). The van der Waals surface area contributed by atoms with Gasteiger partial charge in [-0.1, -0.05) is 149 Å². The molecule has 11 heteroatoms. The van der Waals surface area contributed by atoms with Crippen LogP contribution in [0.15, 0.2) is 162 Å². The van der Waals surface area contributed by atoms with Crippen LogP contribution in [0.5, 0.6) is 0 Å². The summed E-state index contributed by atoms with van der Waals surface area (Å²) in [5, 5.41) is 12.4. The molecule has 0 N–H and O–H groups in total. The maximum atomic E-state index is 7.01. The summed E-state index contributed by atoms with van der Waals surface area (Å²) in [4.78, 5) is 0. The van der Waals surface area contributed by atoms with Crippen molar-refractivity contribution in [3.8, 4) is 55.6 Å². The van der Waals surface area contributed by atoms with Crippen LogP contribution in [0.2, 0.25) is 0 Å². The van der Waals surface area contributed by atoms with Crippen LogP contribution in [-0.2, 0) is 0 Å². The Hall–Kier alpha value is -7.09. The molecule has 0 saturated heterocycles. The first-order chi connectivity index (χ1) is 33.4. The van der Waals surface area contributed by atoms with E-state index in [1.807, 2.05) is 0 Å². The Labute approximate surface area is 413 Å². The highest BCUT2D eigenvalue weighted by Gasteiger charge is 2.24. The maximum absolute atomic E-state index is 7.01. The third kappa shape index (κ3) is 6.60. The van der Waals surface area contributed by atoms with Crippen LogP contribution < -0.4 is 54.6 Å². The first-order valence-corrected chi connectivity index (χ1v) is 24.5. The second-order valence-electron chi connectivity index (χ2n) is 19.9. The molecule has 0 aliphatic carbocycles. The monoisotopic (exact) mass is 868 g/mol. The van der Waals surface area contributed by atoms with Crippen LogP contribution in [0.4, 0.5) is 0 Å². The normalized spacial score (nSPS) is 11.8. The summed E-state index contributed by atoms with van der Waals surface area (Å²) in [5.41, 5.74) is 27.6. The maximum Gasteiger partial charge on any atom is 0.143 e. The van der Waals surface area contributed by atoms with E-state index >= 15 is 0 Å². The van der Waals surface area contributed by atoms with Crippen LogP contribution in [0.3, 0.4) is 0 Å². The van der Waals surface area contributed by atoms with Crippen molar-refractivity contribution in [1.82, 2.24) is 0 Å². The van der Waals surface area contributed by atoms with Gasteiger partial charge in [-0.05, 0) is 123 Å². The van der Waals surface area contributed by atoms with Gasteiger partial charge in [-0.15, -0.1) is 32.8 Å². The predicted octanol–water partition coefficient (Wildman–Crippen LogP) is -0.882. The van der Waals surface area contributed by atoms with Crippen molar-refractivity contribution in [1.29, 1.82) is 0 Å². The highest BCUT2D eigenvalue weighted by molar-refractivity contribution is 6.70. The highest BCUT2D eigenvalue weighted by Crippen LogP contribution is 2.46. The molecule has 1 heterocycles. The number of fused-ring (bicyclic) bond motifs is 8. The molecule has 0 spiro atoms. The molecule has 0 atom stereocenters. The van der Waals surface area contributed by atoms with Crippen LogP contribution >= 0.6 is 0 Å². The second-order valence-corrected chi connectivity index (χ2v) is 19.9. The van der Waals surface area contributed by atoms with Gasteiger partial charge in [0.15, 0.2) is 0 Å². The van der Waals surface area contributed by atoms with Gasteiger partial charge in [0.2, 0.25) is 0 Å². The van der Waals surface area contributed by atoms with Gasteiger partial charge < -0.3 is 4.42 Å². The van der Waals surface area contributed by atoms with Gasteiger partial charge in [-0.25, -0.2) is 0 Å². The first kappa shape index (κ1) is 43.2. The number of benzene rings is 11. The smallest absolute Gasteiger partial charge is 0.143 e. The molecule has 12 aromatic rings. The Morgan fingerprint density at radius 3 is 1.33 bits per heavy atom. The molecule has 314 valence electrons. The van der Waals surface area contributed by atoms with Gasteiger partial charge in [-0.3, -0.25) is 0 Å². The molecule has 0 amide bonds. The predicted molar refractivity (Wildman–Crippen MR) is 333 cm³/mol. The number of hydrogen-bond acceptors (Lipinski definition) is 1. The van der Waals surface area contributed by atoms with Crippen molar-refractivity contribution in [2.24, 2.45) is 0 Å². The molecule has 0 aliphatic heterocycles. The zero-order valence-electron chi connectivity index (χ0n) is 41.4. The van der Waals surface area contributed by atoms with Crippen LogP contribution in [0.25, 0.3) is 121 Å². The van der Waals surface area contributed by atoms with E-state index in [1.165, 1.54) is 137 Å². The molecule has 1 nitrogen and oxygen atoms in total. The highest BCUT2D eigenvalue weighted by atomic mass is 16.3. The minimum absolute atomic E-state index is 0.902. The van der Waals surface area contributed by atoms with Crippen LogP contribution in [-0.4, -0.2) is 78.5 Å². The molecule has 69 heavy (non-hydrogen) atoms. The number of furan rings is 1. The Balaban J connectivity index is 1.13. The lowest BCUT2D eigenvalue weighted by Gasteiger charge is -2.25. The summed E-state index contributed by atoms with van der Waals surface area (Å²) in [6, 6.07) is 59.1. The van der Waals surface area contributed by atoms with Crippen molar-refractivity contribution in [3.05, 3.63) is 158 Å². The largest absolute Gasteiger partial charge is 0.455 e. The average Bonchev–Trinajstić information content (AvgIpc) is 3.77. The fourth-order valence-electron chi connectivity index (χ4n) is 11.9. The summed E-state index contributed by atoms with van der Waals surface area (Å²) in [6.45, 7) is 0. The standard InChI is InChI=1S/C58H46B10O/c59-48-46(49(60)53(64)56(67)52(48)63)40-12-6-11-39-36-20-16-32(26-43(36)69-58(39)40)31-18-22-38-42(25-31)45(47-50(61)54(65)57(68)55(66)51(47)62)41-24-30(17-21-37(41)44(38)28-8-2-1-3-9-28)29-15-19-35-33(23-29)14-13-27-7-4-5-10-34(27)35/h1-26H,59-68H2. The molecular formula is C58H46B10O. The Morgan fingerprint density at radius 1 is 0.246 bits per heavy atom. The summed E-state index contributed by atoms with van der Waals surface area (Å²) >= 11 is 0. The van der Waals surface area contributed by atoms with Crippen molar-refractivity contribution in [2.45, 2.75) is 0 Å². The average molecular weight is 867 g/mol. The fraction of sp³-hybridized carbons (Fsp3) is 0. The van der Waals surface area contributed by atoms with Crippen molar-refractivity contribution in [2.75, 3.05) is 0 Å². The molecule has 0 fully saturated rings. The zero-order valence-corrected chi connectivity index (χ0v) is 41.4. The van der Waals surface area contributed by atoms with E-state index in [1.54, 1.807) is 0 Å². The van der Waals surface area contributed by atoms with E-state index in [0.717, 1.165) is 38.6 Å². The Bertz CT molecular complexity index is 4140. The molecule has 0 radical (unpaired) electrons. The zero-order chi connectivity index (χ0) is 47.6. The van der Waals surface area contributed by atoms with Gasteiger partial charge in [-0.2, -0.15) is 0 Å². The van der Waals surface area contributed by atoms with Gasteiger partial charge in [0.05, 0.1) is 0 Å². The van der Waals surface area contributed by atoms with Crippen molar-refractivity contribution < 1.29 is 4.42 Å². The third-order valence-corrected chi connectivity index (χ3v) is 16.6. The summed E-state index contributed by atoms with van der Waals surface area (Å²) in [6.07, 6.45) is 0. The lowest BCUT2D eigenvalue weighted by Crippen LogP contribution is -2.55. The van der Waals surface area contributed by atoms with Gasteiger partial charge in [0, 0.05) is 16.3 Å². The number of rotatable bonds is 5. The molecule has 0 aliphatic rings. The molecule has 1 aromatic heterocycles. The lowest BCUT2D eigenvalue weighted by molar-refractivity contribution is 0.670. The summed E-state index contributed by atoms with van der Waals surface area (Å²) in [5.74, 6) is 0. The van der Waals surface area contributed by atoms with E-state index in [2.05, 4.69) is 236 Å². The SMILES string of the molecule is Bc1c(B)c(B)c(-c2c3cc(-c4ccc5c(ccc6ccccc65)c4)ccc3c(-c3ccccc3)c3ccc(-c4ccc5c(c4)oc4c(-c6c(B)c(B)c(B)c(B)c6B)cccc45)cc23)c(B)c1B. The molecule has 11 aromatic carbocycles. The van der Waals surface area contributed by atoms with Crippen molar-refractivity contribution >= 4 is 198 Å². The molecule has 0 bridgehead atoms. The second kappa shape index (κ2) is 16.3. The van der Waals surface area contributed by atoms with Crippen LogP contribution in [0, 0.1) is 0 Å². The van der Waals surface area contributed by atoms with Gasteiger partial charge >= 0.3 is 0 Å². The molecular weight excluding hydrogens is 821 g/mol. The van der Waals surface area contributed by atoms with Crippen LogP contribution in [0.1, 0.15) is 0 Å². The number of hydrogen-bond donors (Lipinski definition) is 0. The van der Waals surface area contributed by atoms with E-state index in [-0.39, 0.29) is 0 Å². The Morgan fingerprint density at radius 2 is 0.710 bits per heavy atom. The molecule has 0 unspecified atom stereocenters. The van der Waals surface area contributed by atoms with E-state index in [4.69, 9.17) is 4.42 Å². The summed E-state index contributed by atoms with van der Waals surface area (Å²) in [7, 11) is 22.8. The Kier molecular flexibility index (Phi) is 10.2. The van der Waals surface area contributed by atoms with Gasteiger partial charge in [0.1, 0.15) is 89.6 Å². The van der Waals surface area contributed by atoms with E-state index < -0.39 is 0 Å². The topological polar surface area (TPSA) is 13.1 Å². The fourth-order valence-corrected chi connectivity index (χ4v) is 11.9. The third-order valence-electron chi connectivity index (χ3n) is 16.6. The lowest BCUT2D eigenvalue weighted by atomic mass is 9.59. The van der Waals surface area contributed by atoms with E-state index in [0.29, 0.717) is 0 Å². The van der Waals surface area contributed by atoms with Gasteiger partial charge in [0.25, 0.3) is 0 Å². The van der Waals surface area contributed by atoms with E-state index in [9.17, 15) is 0 Å². The number of para-hydroxylation sites is 1. The minimum atomic E-state index is 0.902.